The first kappa shape index (κ1) is 12.5. The summed E-state index contributed by atoms with van der Waals surface area (Å²) in [6.07, 6.45) is 0. The van der Waals surface area contributed by atoms with Crippen molar-refractivity contribution in [1.29, 1.82) is 5.26 Å². The molecule has 0 saturated carbocycles. The fraction of sp³-hybridized carbons (Fsp3) is 0.182. The van der Waals surface area contributed by atoms with Crippen LogP contribution in [0.4, 0.5) is 5.95 Å². The third-order valence-corrected chi connectivity index (χ3v) is 2.32. The van der Waals surface area contributed by atoms with Crippen LogP contribution >= 0.6 is 0 Å². The van der Waals surface area contributed by atoms with Gasteiger partial charge in [-0.1, -0.05) is 0 Å². The molecular weight excluding hydrogens is 248 g/mol. The topological polar surface area (TPSA) is 117 Å². The van der Waals surface area contributed by atoms with E-state index in [1.165, 1.54) is 19.2 Å². The zero-order valence-corrected chi connectivity index (χ0v) is 10.3. The maximum absolute atomic E-state index is 11.9. The number of aromatic nitrogens is 4. The SMILES string of the molecule is COc1n[nH]c(NC(=O)c2ccc(C#N)c(C)n2)n1. The number of nitrogens with one attached hydrogen (secondary N) is 2. The van der Waals surface area contributed by atoms with Crippen molar-refractivity contribution in [1.82, 2.24) is 20.2 Å². The number of aromatic amines is 1. The van der Waals surface area contributed by atoms with Crippen molar-refractivity contribution in [2.45, 2.75) is 6.92 Å². The van der Waals surface area contributed by atoms with Gasteiger partial charge in [0.25, 0.3) is 5.91 Å². The van der Waals surface area contributed by atoms with E-state index in [-0.39, 0.29) is 17.7 Å². The second-order valence-corrected chi connectivity index (χ2v) is 3.57. The molecule has 0 aromatic carbocycles. The summed E-state index contributed by atoms with van der Waals surface area (Å²) >= 11 is 0. The monoisotopic (exact) mass is 258 g/mol. The van der Waals surface area contributed by atoms with Gasteiger partial charge in [-0.3, -0.25) is 10.1 Å². The number of amides is 1. The lowest BCUT2D eigenvalue weighted by atomic mass is 10.2. The molecule has 19 heavy (non-hydrogen) atoms. The van der Waals surface area contributed by atoms with Gasteiger partial charge in [-0.25, -0.2) is 10.1 Å². The fourth-order valence-electron chi connectivity index (χ4n) is 1.37. The maximum atomic E-state index is 11.9. The van der Waals surface area contributed by atoms with E-state index in [2.05, 4.69) is 25.5 Å². The van der Waals surface area contributed by atoms with Crippen molar-refractivity contribution >= 4 is 11.9 Å². The van der Waals surface area contributed by atoms with Crippen LogP contribution in [0.25, 0.3) is 0 Å². The largest absolute Gasteiger partial charge is 0.466 e. The Kier molecular flexibility index (Phi) is 3.38. The van der Waals surface area contributed by atoms with E-state index in [0.29, 0.717) is 11.3 Å². The number of pyridine rings is 1. The van der Waals surface area contributed by atoms with Crippen molar-refractivity contribution in [2.75, 3.05) is 12.4 Å². The molecule has 0 fully saturated rings. The van der Waals surface area contributed by atoms with Crippen LogP contribution in [0.2, 0.25) is 0 Å². The number of ether oxygens (including phenoxy) is 1. The number of H-pyrrole nitrogens is 1. The Morgan fingerprint density at radius 3 is 2.84 bits per heavy atom. The molecule has 2 aromatic rings. The number of hydrogen-bond acceptors (Lipinski definition) is 6. The summed E-state index contributed by atoms with van der Waals surface area (Å²) in [7, 11) is 1.42. The molecule has 2 aromatic heterocycles. The number of aryl methyl sites for hydroxylation is 1. The zero-order chi connectivity index (χ0) is 13.8. The second-order valence-electron chi connectivity index (χ2n) is 3.57. The van der Waals surface area contributed by atoms with Crippen LogP contribution < -0.4 is 10.1 Å². The molecule has 96 valence electrons. The number of anilines is 1. The van der Waals surface area contributed by atoms with Crippen LogP contribution in [-0.4, -0.2) is 33.2 Å². The van der Waals surface area contributed by atoms with Gasteiger partial charge in [-0.05, 0) is 19.1 Å². The van der Waals surface area contributed by atoms with E-state index in [0.717, 1.165) is 0 Å². The standard InChI is InChI=1S/C11H10N6O2/c1-6-7(5-12)3-4-8(13-6)9(18)14-10-15-11(19-2)17-16-10/h3-4H,1-2H3,(H2,14,15,16,17,18). The highest BCUT2D eigenvalue weighted by Crippen LogP contribution is 2.09. The van der Waals surface area contributed by atoms with Gasteiger partial charge >= 0.3 is 6.01 Å². The Bertz CT molecular complexity index is 657. The molecule has 2 rings (SSSR count). The van der Waals surface area contributed by atoms with Crippen molar-refractivity contribution in [3.8, 4) is 12.1 Å². The van der Waals surface area contributed by atoms with Crippen LogP contribution in [0, 0.1) is 18.3 Å². The third kappa shape index (κ3) is 2.66. The average molecular weight is 258 g/mol. The number of carbonyl (C=O) groups is 1. The molecule has 2 heterocycles. The van der Waals surface area contributed by atoms with Gasteiger partial charge in [0.1, 0.15) is 11.8 Å². The molecule has 0 aliphatic heterocycles. The number of carbonyl (C=O) groups excluding carboxylic acids is 1. The van der Waals surface area contributed by atoms with Gasteiger partial charge in [-0.2, -0.15) is 10.2 Å². The lowest BCUT2D eigenvalue weighted by molar-refractivity contribution is 0.102. The van der Waals surface area contributed by atoms with Gasteiger partial charge < -0.3 is 4.74 Å². The smallest absolute Gasteiger partial charge is 0.336 e. The van der Waals surface area contributed by atoms with Crippen molar-refractivity contribution in [3.63, 3.8) is 0 Å². The minimum atomic E-state index is -0.452. The zero-order valence-electron chi connectivity index (χ0n) is 10.3. The third-order valence-electron chi connectivity index (χ3n) is 2.32. The molecule has 0 aliphatic rings. The summed E-state index contributed by atoms with van der Waals surface area (Å²) in [6.45, 7) is 1.66. The number of methoxy groups -OCH3 is 1. The summed E-state index contributed by atoms with van der Waals surface area (Å²) in [5.41, 5.74) is 1.11. The summed E-state index contributed by atoms with van der Waals surface area (Å²) in [5.74, 6) is -0.294. The molecule has 0 saturated heterocycles. The molecule has 8 nitrogen and oxygen atoms in total. The van der Waals surface area contributed by atoms with E-state index in [1.807, 2.05) is 6.07 Å². The lowest BCUT2D eigenvalue weighted by Gasteiger charge is -2.02. The average Bonchev–Trinajstić information content (AvgIpc) is 2.86. The highest BCUT2D eigenvalue weighted by molar-refractivity contribution is 6.01. The molecule has 2 N–H and O–H groups in total. The Balaban J connectivity index is 2.16. The Morgan fingerprint density at radius 2 is 2.26 bits per heavy atom. The normalized spacial score (nSPS) is 9.74. The van der Waals surface area contributed by atoms with E-state index in [9.17, 15) is 4.79 Å². The predicted octanol–water partition coefficient (Wildman–Crippen LogP) is 0.641. The molecule has 0 radical (unpaired) electrons. The summed E-state index contributed by atoms with van der Waals surface area (Å²) in [4.78, 5) is 19.8. The molecule has 0 unspecified atom stereocenters. The van der Waals surface area contributed by atoms with Crippen molar-refractivity contribution in [3.05, 3.63) is 29.1 Å². The Morgan fingerprint density at radius 1 is 1.47 bits per heavy atom. The van der Waals surface area contributed by atoms with Crippen molar-refractivity contribution in [2.24, 2.45) is 0 Å². The van der Waals surface area contributed by atoms with Crippen LogP contribution in [0.5, 0.6) is 6.01 Å². The number of hydrogen-bond donors (Lipinski definition) is 2. The Labute approximate surface area is 108 Å². The second kappa shape index (κ2) is 5.14. The number of rotatable bonds is 3. The van der Waals surface area contributed by atoms with Gasteiger partial charge in [0, 0.05) is 0 Å². The highest BCUT2D eigenvalue weighted by Gasteiger charge is 2.12. The van der Waals surface area contributed by atoms with Crippen LogP contribution in [0.1, 0.15) is 21.7 Å². The lowest BCUT2D eigenvalue weighted by Crippen LogP contribution is -2.15. The van der Waals surface area contributed by atoms with Gasteiger partial charge in [0.2, 0.25) is 5.95 Å². The van der Waals surface area contributed by atoms with Crippen LogP contribution in [-0.2, 0) is 0 Å². The van der Waals surface area contributed by atoms with Crippen LogP contribution in [0.3, 0.4) is 0 Å². The first-order chi connectivity index (χ1) is 9.13. The molecule has 8 heteroatoms. The first-order valence-corrected chi connectivity index (χ1v) is 5.29. The van der Waals surface area contributed by atoms with E-state index in [4.69, 9.17) is 10.00 Å². The molecular formula is C11H10N6O2. The summed E-state index contributed by atoms with van der Waals surface area (Å²) in [5, 5.41) is 17.5. The van der Waals surface area contributed by atoms with Gasteiger partial charge in [0.05, 0.1) is 18.4 Å². The number of nitrogens with zero attached hydrogens (tertiary/aromatic N) is 4. The van der Waals surface area contributed by atoms with Gasteiger partial charge in [0.15, 0.2) is 0 Å². The minimum Gasteiger partial charge on any atom is -0.466 e. The molecule has 0 spiro atoms. The first-order valence-electron chi connectivity index (χ1n) is 5.29. The van der Waals surface area contributed by atoms with Gasteiger partial charge in [-0.15, -0.1) is 5.10 Å². The van der Waals surface area contributed by atoms with Crippen LogP contribution in [0.15, 0.2) is 12.1 Å². The van der Waals surface area contributed by atoms with Crippen molar-refractivity contribution < 1.29 is 9.53 Å². The predicted molar refractivity (Wildman–Crippen MR) is 64.6 cm³/mol. The molecule has 0 atom stereocenters. The molecule has 0 bridgehead atoms. The Hall–Kier alpha value is -2.95. The minimum absolute atomic E-state index is 0.124. The molecule has 0 aliphatic carbocycles. The van der Waals surface area contributed by atoms with E-state index < -0.39 is 5.91 Å². The number of nitriles is 1. The molecule has 1 amide bonds. The summed E-state index contributed by atoms with van der Waals surface area (Å²) < 4.78 is 4.78. The fourth-order valence-corrected chi connectivity index (χ4v) is 1.37. The highest BCUT2D eigenvalue weighted by atomic mass is 16.5. The summed E-state index contributed by atoms with van der Waals surface area (Å²) in [6, 6.07) is 5.11. The van der Waals surface area contributed by atoms with E-state index >= 15 is 0 Å². The quantitative estimate of drug-likeness (QED) is 0.834. The maximum Gasteiger partial charge on any atom is 0.336 e. The van der Waals surface area contributed by atoms with E-state index in [1.54, 1.807) is 6.92 Å².